The number of aromatic nitrogens is 2. The summed E-state index contributed by atoms with van der Waals surface area (Å²) in [6.07, 6.45) is -1.66. The van der Waals surface area contributed by atoms with E-state index < -0.39 is 18.7 Å². The second-order valence-electron chi connectivity index (χ2n) is 5.78. The molecule has 0 aliphatic carbocycles. The number of benzene rings is 1. The Morgan fingerprint density at radius 2 is 2.27 bits per heavy atom. The molecule has 0 unspecified atom stereocenters. The van der Waals surface area contributed by atoms with Crippen LogP contribution in [0.1, 0.15) is 17.1 Å². The van der Waals surface area contributed by atoms with Crippen LogP contribution in [0.3, 0.4) is 0 Å². The van der Waals surface area contributed by atoms with E-state index in [0.717, 1.165) is 16.6 Å². The highest BCUT2D eigenvalue weighted by molar-refractivity contribution is 6.32. The van der Waals surface area contributed by atoms with Gasteiger partial charge in [0.25, 0.3) is 5.91 Å². The number of carbonyl (C=O) groups excluding carboxylic acids is 1. The van der Waals surface area contributed by atoms with Crippen molar-refractivity contribution in [1.82, 2.24) is 15.5 Å². The summed E-state index contributed by atoms with van der Waals surface area (Å²) in [5.74, 6) is 0.286. The number of aliphatic hydroxyl groups is 1. The predicted molar refractivity (Wildman–Crippen MR) is 92.7 cm³/mol. The normalized spacial score (nSPS) is 12.3. The quantitative estimate of drug-likeness (QED) is 0.584. The van der Waals surface area contributed by atoms with Crippen molar-refractivity contribution in [2.45, 2.75) is 26.2 Å². The maximum Gasteiger partial charge on any atom is 0.251 e. The third kappa shape index (κ3) is 4.14. The molecule has 26 heavy (non-hydrogen) atoms. The van der Waals surface area contributed by atoms with Crippen LogP contribution in [-0.2, 0) is 17.9 Å². The molecular formula is C17H17ClFN3O4. The molecule has 0 spiro atoms. The van der Waals surface area contributed by atoms with Crippen LogP contribution in [-0.4, -0.2) is 33.9 Å². The van der Waals surface area contributed by atoms with Crippen LogP contribution >= 0.6 is 11.6 Å². The minimum absolute atomic E-state index is 0.121. The summed E-state index contributed by atoms with van der Waals surface area (Å²) in [7, 11) is 0. The first kappa shape index (κ1) is 18.2. The Bertz CT molecular complexity index is 924. The number of alkyl halides is 1. The Labute approximate surface area is 153 Å². The molecule has 2 aromatic heterocycles. The molecule has 0 saturated carbocycles. The van der Waals surface area contributed by atoms with Crippen molar-refractivity contribution in [3.05, 3.63) is 46.4 Å². The van der Waals surface area contributed by atoms with E-state index in [0.29, 0.717) is 22.2 Å². The number of hydrogen-bond acceptors (Lipinski definition) is 5. The minimum Gasteiger partial charge on any atom is -0.484 e. The van der Waals surface area contributed by atoms with Gasteiger partial charge >= 0.3 is 0 Å². The Hall–Kier alpha value is -2.58. The van der Waals surface area contributed by atoms with E-state index >= 15 is 0 Å². The second-order valence-corrected chi connectivity index (χ2v) is 6.18. The van der Waals surface area contributed by atoms with E-state index in [1.807, 2.05) is 6.92 Å². The maximum atomic E-state index is 12.3. The van der Waals surface area contributed by atoms with Crippen molar-refractivity contribution in [2.24, 2.45) is 0 Å². The molecule has 1 aromatic carbocycles. The Kier molecular flexibility index (Phi) is 5.43. The fourth-order valence-corrected chi connectivity index (χ4v) is 2.63. The first-order valence-corrected chi connectivity index (χ1v) is 8.22. The molecule has 0 aliphatic rings. The number of halogens is 2. The minimum atomic E-state index is -1.66. The molecule has 0 fully saturated rings. The average Bonchev–Trinajstić information content (AvgIpc) is 3.22. The fraction of sp³-hybridized carbons (Fsp3) is 0.294. The monoisotopic (exact) mass is 381 g/mol. The van der Waals surface area contributed by atoms with Crippen LogP contribution in [0, 0.1) is 6.92 Å². The lowest BCUT2D eigenvalue weighted by molar-refractivity contribution is -0.130. The number of aliphatic hydroxyl groups excluding tert-OH is 1. The molecule has 138 valence electrons. The Balaban J connectivity index is 1.70. The summed E-state index contributed by atoms with van der Waals surface area (Å²) < 4.78 is 23.0. The van der Waals surface area contributed by atoms with Gasteiger partial charge in [0.15, 0.2) is 11.9 Å². The zero-order valence-corrected chi connectivity index (χ0v) is 14.6. The van der Waals surface area contributed by atoms with Crippen LogP contribution in [0.5, 0.6) is 5.75 Å². The number of aryl methyl sites for hydroxylation is 1. The molecule has 0 aliphatic heterocycles. The van der Waals surface area contributed by atoms with Gasteiger partial charge in [-0.3, -0.25) is 4.79 Å². The number of nitrogens with zero attached hydrogens (tertiary/aromatic N) is 1. The maximum absolute atomic E-state index is 12.3. The van der Waals surface area contributed by atoms with Crippen molar-refractivity contribution >= 4 is 28.4 Å². The number of nitrogens with one attached hydrogen (secondary N) is 2. The second kappa shape index (κ2) is 7.76. The van der Waals surface area contributed by atoms with Gasteiger partial charge in [-0.1, -0.05) is 16.8 Å². The van der Waals surface area contributed by atoms with Gasteiger partial charge in [0.05, 0.1) is 17.3 Å². The van der Waals surface area contributed by atoms with E-state index in [-0.39, 0.29) is 13.2 Å². The molecule has 1 amide bonds. The zero-order chi connectivity index (χ0) is 18.7. The van der Waals surface area contributed by atoms with Crippen LogP contribution in [0.15, 0.2) is 28.8 Å². The molecule has 3 N–H and O–H groups in total. The summed E-state index contributed by atoms with van der Waals surface area (Å²) >= 11 is 6.24. The standard InChI is InChI=1S/C17H17ClFN3O4/c1-9-2-12(26-22-9)8-25-16-5-14-10(4-13(16)18)3-11(21-14)7-20-17(24)15(23)6-19/h2-5,15,21,23H,6-8H2,1H3,(H,20,24)/t15-/m0/s1. The van der Waals surface area contributed by atoms with E-state index in [1.165, 1.54) is 0 Å². The van der Waals surface area contributed by atoms with Gasteiger partial charge < -0.3 is 24.7 Å². The third-order valence-electron chi connectivity index (χ3n) is 3.68. The van der Waals surface area contributed by atoms with Crippen molar-refractivity contribution in [2.75, 3.05) is 6.67 Å². The topological polar surface area (TPSA) is 100 Å². The third-order valence-corrected chi connectivity index (χ3v) is 3.97. The van der Waals surface area contributed by atoms with Gasteiger partial charge in [0, 0.05) is 28.7 Å². The molecule has 0 saturated heterocycles. The lowest BCUT2D eigenvalue weighted by Gasteiger charge is -2.06. The fourth-order valence-electron chi connectivity index (χ4n) is 2.40. The largest absolute Gasteiger partial charge is 0.484 e. The van der Waals surface area contributed by atoms with E-state index in [9.17, 15) is 9.18 Å². The number of aromatic amines is 1. The molecule has 0 radical (unpaired) electrons. The molecule has 9 heteroatoms. The predicted octanol–water partition coefficient (Wildman–Crippen LogP) is 2.64. The molecule has 7 nitrogen and oxygen atoms in total. The smallest absolute Gasteiger partial charge is 0.251 e. The lowest BCUT2D eigenvalue weighted by Crippen LogP contribution is -2.35. The van der Waals surface area contributed by atoms with Crippen molar-refractivity contribution in [3.63, 3.8) is 0 Å². The number of fused-ring (bicyclic) bond motifs is 1. The van der Waals surface area contributed by atoms with Crippen molar-refractivity contribution in [1.29, 1.82) is 0 Å². The molecule has 1 atom stereocenters. The highest BCUT2D eigenvalue weighted by Gasteiger charge is 2.14. The van der Waals surface area contributed by atoms with Crippen LogP contribution in [0.4, 0.5) is 4.39 Å². The van der Waals surface area contributed by atoms with Crippen LogP contribution < -0.4 is 10.1 Å². The van der Waals surface area contributed by atoms with Crippen LogP contribution in [0.25, 0.3) is 10.9 Å². The Morgan fingerprint density at radius 1 is 1.46 bits per heavy atom. The van der Waals surface area contributed by atoms with Gasteiger partial charge in [-0.05, 0) is 19.1 Å². The van der Waals surface area contributed by atoms with Gasteiger partial charge in [-0.25, -0.2) is 4.39 Å². The first-order valence-electron chi connectivity index (χ1n) is 7.84. The number of amides is 1. The number of hydrogen-bond donors (Lipinski definition) is 3. The zero-order valence-electron chi connectivity index (χ0n) is 13.9. The molecule has 2 heterocycles. The van der Waals surface area contributed by atoms with Crippen molar-refractivity contribution < 1.29 is 23.6 Å². The highest BCUT2D eigenvalue weighted by Crippen LogP contribution is 2.31. The molecule has 3 rings (SSSR count). The van der Waals surface area contributed by atoms with Crippen molar-refractivity contribution in [3.8, 4) is 5.75 Å². The number of carbonyl (C=O) groups is 1. The van der Waals surface area contributed by atoms with E-state index in [2.05, 4.69) is 15.5 Å². The number of rotatable bonds is 7. The average molecular weight is 382 g/mol. The van der Waals surface area contributed by atoms with E-state index in [1.54, 1.807) is 24.3 Å². The first-order chi connectivity index (χ1) is 12.5. The SMILES string of the molecule is Cc1cc(COc2cc3[nH]c(CNC(=O)[C@@H](O)CF)cc3cc2Cl)on1. The summed E-state index contributed by atoms with van der Waals surface area (Å²) in [5, 5.41) is 16.6. The number of ether oxygens (including phenoxy) is 1. The highest BCUT2D eigenvalue weighted by atomic mass is 35.5. The van der Waals surface area contributed by atoms with E-state index in [4.69, 9.17) is 26.0 Å². The van der Waals surface area contributed by atoms with Gasteiger partial charge in [0.1, 0.15) is 19.0 Å². The summed E-state index contributed by atoms with van der Waals surface area (Å²) in [5.41, 5.74) is 2.20. The molecular weight excluding hydrogens is 365 g/mol. The lowest BCUT2D eigenvalue weighted by atomic mass is 10.2. The van der Waals surface area contributed by atoms with Gasteiger partial charge in [-0.2, -0.15) is 0 Å². The summed E-state index contributed by atoms with van der Waals surface area (Å²) in [6, 6.07) is 7.04. The molecule has 0 bridgehead atoms. The molecule has 3 aromatic rings. The summed E-state index contributed by atoms with van der Waals surface area (Å²) in [4.78, 5) is 14.5. The summed E-state index contributed by atoms with van der Waals surface area (Å²) in [6.45, 7) is 1.00. The van der Waals surface area contributed by atoms with Gasteiger partial charge in [0.2, 0.25) is 0 Å². The Morgan fingerprint density at radius 3 is 2.96 bits per heavy atom. The number of H-pyrrole nitrogens is 1. The van der Waals surface area contributed by atoms with Gasteiger partial charge in [-0.15, -0.1) is 0 Å². The van der Waals surface area contributed by atoms with Crippen LogP contribution in [0.2, 0.25) is 5.02 Å².